The third-order valence-electron chi connectivity index (χ3n) is 4.02. The molecule has 1 N–H and O–H groups in total. The standard InChI is InChI=1S/C18H21F2NO7/c1-9(14(16(23)26-2)17(24)27-3)15(18(25)28-4)21-13(22)7-10-5-11(19)8-12(20)6-10/h5-6,8-9,14-15H,7H2,1-4H3,(H,21,22)/t9-,15+/m0/s1. The van der Waals surface area contributed by atoms with Crippen LogP contribution in [0.15, 0.2) is 18.2 Å². The summed E-state index contributed by atoms with van der Waals surface area (Å²) in [6, 6.07) is 1.16. The minimum Gasteiger partial charge on any atom is -0.468 e. The van der Waals surface area contributed by atoms with E-state index in [1.807, 2.05) is 0 Å². The number of nitrogens with one attached hydrogen (secondary N) is 1. The van der Waals surface area contributed by atoms with Crippen molar-refractivity contribution in [1.29, 1.82) is 0 Å². The van der Waals surface area contributed by atoms with E-state index in [-0.39, 0.29) is 5.56 Å². The Morgan fingerprint density at radius 2 is 1.36 bits per heavy atom. The Labute approximate surface area is 160 Å². The summed E-state index contributed by atoms with van der Waals surface area (Å²) in [4.78, 5) is 48.3. The molecule has 1 aromatic carbocycles. The van der Waals surface area contributed by atoms with Gasteiger partial charge in [-0.15, -0.1) is 0 Å². The highest BCUT2D eigenvalue weighted by Gasteiger charge is 2.42. The van der Waals surface area contributed by atoms with Gasteiger partial charge in [0.25, 0.3) is 0 Å². The molecule has 0 saturated heterocycles. The number of rotatable bonds is 8. The lowest BCUT2D eigenvalue weighted by atomic mass is 9.87. The molecule has 0 unspecified atom stereocenters. The lowest BCUT2D eigenvalue weighted by Crippen LogP contribution is -2.51. The van der Waals surface area contributed by atoms with Crippen molar-refractivity contribution in [3.63, 3.8) is 0 Å². The van der Waals surface area contributed by atoms with Crippen molar-refractivity contribution >= 4 is 23.8 Å². The van der Waals surface area contributed by atoms with Gasteiger partial charge in [0.1, 0.15) is 17.7 Å². The highest BCUT2D eigenvalue weighted by molar-refractivity contribution is 5.96. The van der Waals surface area contributed by atoms with Gasteiger partial charge in [-0.25, -0.2) is 13.6 Å². The van der Waals surface area contributed by atoms with E-state index in [2.05, 4.69) is 19.5 Å². The van der Waals surface area contributed by atoms with Crippen molar-refractivity contribution in [3.8, 4) is 0 Å². The van der Waals surface area contributed by atoms with Crippen LogP contribution in [-0.4, -0.2) is 51.2 Å². The maximum atomic E-state index is 13.3. The number of hydrogen-bond acceptors (Lipinski definition) is 7. The molecule has 10 heteroatoms. The van der Waals surface area contributed by atoms with Crippen LogP contribution >= 0.6 is 0 Å². The maximum Gasteiger partial charge on any atom is 0.328 e. The molecular formula is C18H21F2NO7. The van der Waals surface area contributed by atoms with Crippen molar-refractivity contribution in [3.05, 3.63) is 35.4 Å². The van der Waals surface area contributed by atoms with Crippen LogP contribution in [0.5, 0.6) is 0 Å². The Morgan fingerprint density at radius 1 is 0.893 bits per heavy atom. The van der Waals surface area contributed by atoms with Gasteiger partial charge in [0.15, 0.2) is 5.92 Å². The molecule has 0 spiro atoms. The molecule has 154 valence electrons. The molecule has 2 atom stereocenters. The molecule has 0 fully saturated rings. The summed E-state index contributed by atoms with van der Waals surface area (Å²) >= 11 is 0. The molecule has 0 aliphatic rings. The zero-order valence-electron chi connectivity index (χ0n) is 15.8. The van der Waals surface area contributed by atoms with Crippen molar-refractivity contribution in [2.75, 3.05) is 21.3 Å². The van der Waals surface area contributed by atoms with Gasteiger partial charge in [0, 0.05) is 12.0 Å². The van der Waals surface area contributed by atoms with Crippen LogP contribution in [0.4, 0.5) is 8.78 Å². The number of benzene rings is 1. The molecule has 1 rings (SSSR count). The van der Waals surface area contributed by atoms with Crippen LogP contribution in [0, 0.1) is 23.5 Å². The van der Waals surface area contributed by atoms with E-state index in [4.69, 9.17) is 0 Å². The Bertz CT molecular complexity index is 717. The molecule has 0 radical (unpaired) electrons. The second kappa shape index (κ2) is 10.3. The first-order valence-corrected chi connectivity index (χ1v) is 8.12. The van der Waals surface area contributed by atoms with E-state index in [1.165, 1.54) is 6.92 Å². The zero-order chi connectivity index (χ0) is 21.4. The largest absolute Gasteiger partial charge is 0.468 e. The van der Waals surface area contributed by atoms with Gasteiger partial charge in [-0.3, -0.25) is 14.4 Å². The third kappa shape index (κ3) is 6.00. The lowest BCUT2D eigenvalue weighted by Gasteiger charge is -2.27. The molecule has 0 bridgehead atoms. The summed E-state index contributed by atoms with van der Waals surface area (Å²) in [5.41, 5.74) is 0.0313. The first-order chi connectivity index (χ1) is 13.1. The summed E-state index contributed by atoms with van der Waals surface area (Å²) in [5.74, 6) is -7.96. The number of carbonyl (C=O) groups is 4. The lowest BCUT2D eigenvalue weighted by molar-refractivity contribution is -0.163. The monoisotopic (exact) mass is 401 g/mol. The normalized spacial score (nSPS) is 12.7. The third-order valence-corrected chi connectivity index (χ3v) is 4.02. The van der Waals surface area contributed by atoms with Crippen LogP contribution in [0.3, 0.4) is 0 Å². The van der Waals surface area contributed by atoms with Gasteiger partial charge in [-0.2, -0.15) is 0 Å². The number of amides is 1. The fourth-order valence-corrected chi connectivity index (χ4v) is 2.63. The second-order valence-electron chi connectivity index (χ2n) is 5.91. The summed E-state index contributed by atoms with van der Waals surface area (Å²) in [7, 11) is 3.16. The molecule has 1 aromatic rings. The quantitative estimate of drug-likeness (QED) is 0.389. The minimum absolute atomic E-state index is 0.0313. The first kappa shape index (κ1) is 23.0. The number of methoxy groups -OCH3 is 3. The van der Waals surface area contributed by atoms with Crippen LogP contribution in [0.1, 0.15) is 12.5 Å². The topological polar surface area (TPSA) is 108 Å². The smallest absolute Gasteiger partial charge is 0.328 e. The molecule has 1 amide bonds. The Kier molecular flexibility index (Phi) is 8.49. The molecule has 8 nitrogen and oxygen atoms in total. The van der Waals surface area contributed by atoms with Gasteiger partial charge in [-0.1, -0.05) is 6.92 Å². The van der Waals surface area contributed by atoms with Crippen LogP contribution < -0.4 is 5.32 Å². The highest BCUT2D eigenvalue weighted by atomic mass is 19.1. The second-order valence-corrected chi connectivity index (χ2v) is 5.91. The van der Waals surface area contributed by atoms with E-state index in [0.29, 0.717) is 6.07 Å². The fraction of sp³-hybridized carbons (Fsp3) is 0.444. The van der Waals surface area contributed by atoms with Gasteiger partial charge in [0.05, 0.1) is 27.8 Å². The van der Waals surface area contributed by atoms with E-state index in [1.54, 1.807) is 0 Å². The van der Waals surface area contributed by atoms with E-state index >= 15 is 0 Å². The van der Waals surface area contributed by atoms with Crippen LogP contribution in [-0.2, 0) is 39.8 Å². The average Bonchev–Trinajstić information content (AvgIpc) is 2.64. The Morgan fingerprint density at radius 3 is 1.79 bits per heavy atom. The summed E-state index contributed by atoms with van der Waals surface area (Å²) in [6.07, 6.45) is -0.448. The first-order valence-electron chi connectivity index (χ1n) is 8.12. The molecule has 0 aromatic heterocycles. The number of halogens is 2. The predicted molar refractivity (Wildman–Crippen MR) is 90.7 cm³/mol. The Hall–Kier alpha value is -3.04. The van der Waals surface area contributed by atoms with Gasteiger partial charge < -0.3 is 19.5 Å². The zero-order valence-corrected chi connectivity index (χ0v) is 15.8. The van der Waals surface area contributed by atoms with Gasteiger partial charge in [0.2, 0.25) is 5.91 Å². The SMILES string of the molecule is COC(=O)C(C(=O)OC)[C@H](C)[C@@H](NC(=O)Cc1cc(F)cc(F)c1)C(=O)OC. The van der Waals surface area contributed by atoms with Crippen LogP contribution in [0.2, 0.25) is 0 Å². The summed E-state index contributed by atoms with van der Waals surface area (Å²) in [6.45, 7) is 1.35. The number of esters is 3. The molecule has 0 saturated carbocycles. The number of carbonyl (C=O) groups excluding carboxylic acids is 4. The van der Waals surface area contributed by atoms with Crippen LogP contribution in [0.25, 0.3) is 0 Å². The summed E-state index contributed by atoms with van der Waals surface area (Å²) in [5, 5.41) is 2.32. The van der Waals surface area contributed by atoms with E-state index in [0.717, 1.165) is 33.5 Å². The highest BCUT2D eigenvalue weighted by Crippen LogP contribution is 2.21. The summed E-state index contributed by atoms with van der Waals surface area (Å²) < 4.78 is 40.3. The van der Waals surface area contributed by atoms with Gasteiger partial charge in [-0.05, 0) is 17.7 Å². The number of hydrogen-bond donors (Lipinski definition) is 1. The van der Waals surface area contributed by atoms with Gasteiger partial charge >= 0.3 is 17.9 Å². The minimum atomic E-state index is -1.51. The molecule has 0 aliphatic heterocycles. The number of ether oxygens (including phenoxy) is 3. The molecule has 28 heavy (non-hydrogen) atoms. The van der Waals surface area contributed by atoms with Crippen molar-refractivity contribution < 1.29 is 42.2 Å². The van der Waals surface area contributed by atoms with Crippen molar-refractivity contribution in [2.24, 2.45) is 11.8 Å². The Balaban J connectivity index is 3.06. The molecular weight excluding hydrogens is 380 g/mol. The average molecular weight is 401 g/mol. The van der Waals surface area contributed by atoms with Crippen molar-refractivity contribution in [2.45, 2.75) is 19.4 Å². The predicted octanol–water partition coefficient (Wildman–Crippen LogP) is 0.763. The van der Waals surface area contributed by atoms with Crippen molar-refractivity contribution in [1.82, 2.24) is 5.32 Å². The molecule has 0 aliphatic carbocycles. The van der Waals surface area contributed by atoms with E-state index in [9.17, 15) is 28.0 Å². The maximum absolute atomic E-state index is 13.3. The molecule has 0 heterocycles. The van der Waals surface area contributed by atoms with E-state index < -0.39 is 59.7 Å². The fourth-order valence-electron chi connectivity index (χ4n) is 2.63.